The van der Waals surface area contributed by atoms with Gasteiger partial charge in [0.15, 0.2) is 6.61 Å². The lowest BCUT2D eigenvalue weighted by atomic mass is 10.1. The number of aryl methyl sites for hydroxylation is 1. The number of ether oxygens (including phenoxy) is 1. The van der Waals surface area contributed by atoms with Crippen molar-refractivity contribution in [1.29, 1.82) is 0 Å². The highest BCUT2D eigenvalue weighted by Gasteiger charge is 2.24. The standard InChI is InChI=1S/C14H17NO3/c1-2-15-12-9-11(5-3-4-8-16)6-7-13(12)18-10-14(15)17/h6-9H,2-5,10H2,1H3. The fourth-order valence-corrected chi connectivity index (χ4v) is 2.14. The summed E-state index contributed by atoms with van der Waals surface area (Å²) in [5.41, 5.74) is 1.98. The Hall–Kier alpha value is -1.84. The monoisotopic (exact) mass is 247 g/mol. The van der Waals surface area contributed by atoms with Crippen LogP contribution in [0.25, 0.3) is 0 Å². The first-order valence-corrected chi connectivity index (χ1v) is 6.26. The Morgan fingerprint density at radius 3 is 3.00 bits per heavy atom. The molecule has 0 bridgehead atoms. The van der Waals surface area contributed by atoms with Gasteiger partial charge in [-0.25, -0.2) is 0 Å². The van der Waals surface area contributed by atoms with Gasteiger partial charge in [-0.05, 0) is 37.5 Å². The predicted octanol–water partition coefficient (Wildman–Crippen LogP) is 1.95. The van der Waals surface area contributed by atoms with Crippen molar-refractivity contribution < 1.29 is 14.3 Å². The number of benzene rings is 1. The molecule has 0 fully saturated rings. The first kappa shape index (κ1) is 12.6. The molecular weight excluding hydrogens is 230 g/mol. The smallest absolute Gasteiger partial charge is 0.265 e. The Kier molecular flexibility index (Phi) is 3.97. The maximum absolute atomic E-state index is 11.7. The van der Waals surface area contributed by atoms with Gasteiger partial charge in [0.1, 0.15) is 12.0 Å². The molecule has 18 heavy (non-hydrogen) atoms. The molecule has 0 spiro atoms. The van der Waals surface area contributed by atoms with Gasteiger partial charge >= 0.3 is 0 Å². The molecule has 1 heterocycles. The molecule has 0 N–H and O–H groups in total. The van der Waals surface area contributed by atoms with E-state index in [1.807, 2.05) is 25.1 Å². The maximum atomic E-state index is 11.7. The summed E-state index contributed by atoms with van der Waals surface area (Å²) in [5, 5.41) is 0. The second-order valence-corrected chi connectivity index (χ2v) is 4.29. The van der Waals surface area contributed by atoms with Gasteiger partial charge in [-0.2, -0.15) is 0 Å². The summed E-state index contributed by atoms with van der Waals surface area (Å²) in [7, 11) is 0. The Bertz CT molecular complexity index is 456. The number of likely N-dealkylation sites (N-methyl/N-ethyl adjacent to an activating group) is 1. The van der Waals surface area contributed by atoms with Crippen LogP contribution in [0.15, 0.2) is 18.2 Å². The van der Waals surface area contributed by atoms with Crippen molar-refractivity contribution in [1.82, 2.24) is 0 Å². The summed E-state index contributed by atoms with van der Waals surface area (Å²) in [6, 6.07) is 5.88. The normalized spacial score (nSPS) is 14.1. The van der Waals surface area contributed by atoms with Crippen molar-refractivity contribution >= 4 is 17.9 Å². The fourth-order valence-electron chi connectivity index (χ4n) is 2.14. The largest absolute Gasteiger partial charge is 0.482 e. The topological polar surface area (TPSA) is 46.6 Å². The van der Waals surface area contributed by atoms with Crippen LogP contribution >= 0.6 is 0 Å². The third kappa shape index (κ3) is 2.53. The SMILES string of the molecule is CCN1C(=O)COc2ccc(CCCC=O)cc21. The highest BCUT2D eigenvalue weighted by Crippen LogP contribution is 2.33. The molecule has 0 saturated carbocycles. The van der Waals surface area contributed by atoms with Gasteiger partial charge < -0.3 is 14.4 Å². The average molecular weight is 247 g/mol. The van der Waals surface area contributed by atoms with E-state index in [9.17, 15) is 9.59 Å². The highest BCUT2D eigenvalue weighted by molar-refractivity contribution is 5.97. The van der Waals surface area contributed by atoms with E-state index in [0.717, 1.165) is 36.1 Å². The fraction of sp³-hybridized carbons (Fsp3) is 0.429. The number of hydrogen-bond acceptors (Lipinski definition) is 3. The molecule has 4 nitrogen and oxygen atoms in total. The van der Waals surface area contributed by atoms with Gasteiger partial charge in [0.2, 0.25) is 0 Å². The predicted molar refractivity (Wildman–Crippen MR) is 69.0 cm³/mol. The quantitative estimate of drug-likeness (QED) is 0.590. The van der Waals surface area contributed by atoms with Crippen LogP contribution in [0.2, 0.25) is 0 Å². The number of aldehydes is 1. The third-order valence-electron chi connectivity index (χ3n) is 3.07. The van der Waals surface area contributed by atoms with E-state index in [4.69, 9.17) is 4.74 Å². The third-order valence-corrected chi connectivity index (χ3v) is 3.07. The minimum absolute atomic E-state index is 0.00459. The minimum Gasteiger partial charge on any atom is -0.482 e. The first-order valence-electron chi connectivity index (χ1n) is 6.26. The van der Waals surface area contributed by atoms with Crippen LogP contribution in [0.3, 0.4) is 0 Å². The molecule has 1 aromatic rings. The van der Waals surface area contributed by atoms with Gasteiger partial charge in [-0.3, -0.25) is 4.79 Å². The second kappa shape index (κ2) is 5.67. The zero-order valence-corrected chi connectivity index (χ0v) is 10.5. The lowest BCUT2D eigenvalue weighted by molar-refractivity contribution is -0.121. The molecule has 96 valence electrons. The molecular formula is C14H17NO3. The number of rotatable bonds is 5. The number of carbonyl (C=O) groups is 2. The molecule has 2 rings (SSSR count). The molecule has 1 aliphatic rings. The van der Waals surface area contributed by atoms with E-state index in [1.54, 1.807) is 4.90 Å². The van der Waals surface area contributed by atoms with Crippen LogP contribution in [-0.4, -0.2) is 25.3 Å². The number of amides is 1. The van der Waals surface area contributed by atoms with Crippen molar-refractivity contribution in [2.75, 3.05) is 18.1 Å². The molecule has 0 unspecified atom stereocenters. The van der Waals surface area contributed by atoms with Gasteiger partial charge in [-0.1, -0.05) is 6.07 Å². The number of anilines is 1. The summed E-state index contributed by atoms with van der Waals surface area (Å²) in [6.07, 6.45) is 3.19. The van der Waals surface area contributed by atoms with Crippen LogP contribution in [0.4, 0.5) is 5.69 Å². The van der Waals surface area contributed by atoms with Crippen molar-refractivity contribution in [3.05, 3.63) is 23.8 Å². The van der Waals surface area contributed by atoms with E-state index < -0.39 is 0 Å². The Labute approximate surface area is 107 Å². The van der Waals surface area contributed by atoms with Gasteiger partial charge in [0, 0.05) is 13.0 Å². The van der Waals surface area contributed by atoms with Crippen LogP contribution in [-0.2, 0) is 16.0 Å². The van der Waals surface area contributed by atoms with E-state index in [2.05, 4.69) is 0 Å². The zero-order chi connectivity index (χ0) is 13.0. The number of nitrogens with zero attached hydrogens (tertiary/aromatic N) is 1. The van der Waals surface area contributed by atoms with Crippen LogP contribution < -0.4 is 9.64 Å². The molecule has 1 amide bonds. The molecule has 0 aromatic heterocycles. The van der Waals surface area contributed by atoms with Crippen molar-refractivity contribution in [3.8, 4) is 5.75 Å². The summed E-state index contributed by atoms with van der Waals surface area (Å²) < 4.78 is 5.40. The lowest BCUT2D eigenvalue weighted by Crippen LogP contribution is -2.38. The summed E-state index contributed by atoms with van der Waals surface area (Å²) in [4.78, 5) is 23.7. The average Bonchev–Trinajstić information content (AvgIpc) is 2.39. The van der Waals surface area contributed by atoms with Crippen LogP contribution in [0.5, 0.6) is 5.75 Å². The van der Waals surface area contributed by atoms with Gasteiger partial charge in [0.05, 0.1) is 5.69 Å². The first-order chi connectivity index (χ1) is 8.76. The maximum Gasteiger partial charge on any atom is 0.265 e. The van der Waals surface area contributed by atoms with Crippen LogP contribution in [0, 0.1) is 0 Å². The molecule has 0 aliphatic carbocycles. The molecule has 0 saturated heterocycles. The summed E-state index contributed by atoms with van der Waals surface area (Å²) in [6.45, 7) is 2.71. The van der Waals surface area contributed by atoms with Gasteiger partial charge in [0.25, 0.3) is 5.91 Å². The number of fused-ring (bicyclic) bond motifs is 1. The Morgan fingerprint density at radius 2 is 2.28 bits per heavy atom. The van der Waals surface area contributed by atoms with E-state index in [-0.39, 0.29) is 12.5 Å². The lowest BCUT2D eigenvalue weighted by Gasteiger charge is -2.28. The zero-order valence-electron chi connectivity index (χ0n) is 10.5. The van der Waals surface area contributed by atoms with E-state index in [1.165, 1.54) is 0 Å². The number of unbranched alkanes of at least 4 members (excludes halogenated alkanes) is 1. The van der Waals surface area contributed by atoms with Crippen LogP contribution in [0.1, 0.15) is 25.3 Å². The van der Waals surface area contributed by atoms with E-state index >= 15 is 0 Å². The second-order valence-electron chi connectivity index (χ2n) is 4.29. The van der Waals surface area contributed by atoms with Crippen molar-refractivity contribution in [2.45, 2.75) is 26.2 Å². The van der Waals surface area contributed by atoms with Crippen molar-refractivity contribution in [3.63, 3.8) is 0 Å². The number of carbonyl (C=O) groups excluding carboxylic acids is 2. The molecule has 0 atom stereocenters. The molecule has 0 radical (unpaired) electrons. The van der Waals surface area contributed by atoms with E-state index in [0.29, 0.717) is 13.0 Å². The Morgan fingerprint density at radius 1 is 1.44 bits per heavy atom. The Balaban J connectivity index is 2.20. The highest BCUT2D eigenvalue weighted by atomic mass is 16.5. The number of hydrogen-bond donors (Lipinski definition) is 0. The summed E-state index contributed by atoms with van der Waals surface area (Å²) in [5.74, 6) is 0.755. The molecule has 1 aromatic carbocycles. The minimum atomic E-state index is -0.00459. The molecule has 4 heteroatoms. The van der Waals surface area contributed by atoms with Crippen molar-refractivity contribution in [2.24, 2.45) is 0 Å². The summed E-state index contributed by atoms with van der Waals surface area (Å²) >= 11 is 0. The van der Waals surface area contributed by atoms with Gasteiger partial charge in [-0.15, -0.1) is 0 Å². The molecule has 1 aliphatic heterocycles.